The number of nitro benzene ring substituents is 1. The number of hydrogen-bond donors (Lipinski definition) is 1. The number of esters is 1. The Kier molecular flexibility index (Phi) is 7.90. The lowest BCUT2D eigenvalue weighted by Crippen LogP contribution is -2.25. The van der Waals surface area contributed by atoms with E-state index in [0.717, 1.165) is 11.3 Å². The third-order valence-corrected chi connectivity index (χ3v) is 4.03. The summed E-state index contributed by atoms with van der Waals surface area (Å²) in [6.45, 7) is 1.75. The second kappa shape index (κ2) is 10.6. The molecule has 1 amide bonds. The van der Waals surface area contributed by atoms with Crippen molar-refractivity contribution >= 4 is 23.6 Å². The normalized spacial score (nSPS) is 11.7. The van der Waals surface area contributed by atoms with Crippen molar-refractivity contribution in [3.05, 3.63) is 75.8 Å². The zero-order valence-corrected chi connectivity index (χ0v) is 16.2. The topological polar surface area (TPSA) is 108 Å². The maximum atomic E-state index is 11.9. The van der Waals surface area contributed by atoms with Crippen LogP contribution in [0.4, 0.5) is 5.69 Å². The number of nitrogens with one attached hydrogen (secondary N) is 1. The van der Waals surface area contributed by atoms with Gasteiger partial charge in [-0.15, -0.1) is 0 Å². The molecule has 152 valence electrons. The Morgan fingerprint density at radius 3 is 2.59 bits per heavy atom. The van der Waals surface area contributed by atoms with Gasteiger partial charge in [-0.25, -0.2) is 0 Å². The van der Waals surface area contributed by atoms with E-state index in [0.29, 0.717) is 5.56 Å². The first kappa shape index (κ1) is 21.6. The highest BCUT2D eigenvalue weighted by Gasteiger charge is 2.15. The van der Waals surface area contributed by atoms with Crippen LogP contribution < -0.4 is 10.1 Å². The molecule has 8 heteroatoms. The fourth-order valence-corrected chi connectivity index (χ4v) is 2.45. The van der Waals surface area contributed by atoms with Gasteiger partial charge in [0.05, 0.1) is 18.5 Å². The van der Waals surface area contributed by atoms with Crippen LogP contribution in [-0.2, 0) is 14.3 Å². The van der Waals surface area contributed by atoms with Gasteiger partial charge >= 0.3 is 5.97 Å². The molecule has 1 N–H and O–H groups in total. The van der Waals surface area contributed by atoms with Gasteiger partial charge in [0.1, 0.15) is 11.9 Å². The lowest BCUT2D eigenvalue weighted by Gasteiger charge is -2.13. The Bertz CT molecular complexity index is 892. The van der Waals surface area contributed by atoms with E-state index >= 15 is 0 Å². The first-order valence-corrected chi connectivity index (χ1v) is 8.93. The van der Waals surface area contributed by atoms with Gasteiger partial charge in [-0.05, 0) is 36.3 Å². The summed E-state index contributed by atoms with van der Waals surface area (Å²) in [6.07, 6.45) is 2.38. The van der Waals surface area contributed by atoms with Crippen molar-refractivity contribution in [1.29, 1.82) is 0 Å². The summed E-state index contributed by atoms with van der Waals surface area (Å²) in [6, 6.07) is 13.1. The van der Waals surface area contributed by atoms with Gasteiger partial charge in [0.25, 0.3) is 5.69 Å². The van der Waals surface area contributed by atoms with E-state index < -0.39 is 17.0 Å². The molecule has 2 aromatic rings. The van der Waals surface area contributed by atoms with Crippen LogP contribution in [0.3, 0.4) is 0 Å². The quantitative estimate of drug-likeness (QED) is 0.300. The van der Waals surface area contributed by atoms with Gasteiger partial charge < -0.3 is 14.8 Å². The number of nitrogens with zero attached hydrogens (tertiary/aromatic N) is 1. The fraction of sp³-hybridized carbons (Fsp3) is 0.238. The Labute approximate surface area is 168 Å². The molecule has 0 heterocycles. The summed E-state index contributed by atoms with van der Waals surface area (Å²) in [5, 5.41) is 13.4. The largest absolute Gasteiger partial charge is 0.497 e. The number of carbonyl (C=O) groups excluding carboxylic acids is 2. The Morgan fingerprint density at radius 2 is 1.93 bits per heavy atom. The fourth-order valence-electron chi connectivity index (χ4n) is 2.45. The minimum atomic E-state index is -0.631. The number of non-ortho nitro benzene ring substituents is 1. The van der Waals surface area contributed by atoms with E-state index in [2.05, 4.69) is 5.32 Å². The molecular weight excluding hydrogens is 376 g/mol. The van der Waals surface area contributed by atoms with Gasteiger partial charge in [-0.2, -0.15) is 0 Å². The molecule has 0 radical (unpaired) electrons. The number of carbonyl (C=O) groups is 2. The molecule has 2 rings (SSSR count). The monoisotopic (exact) mass is 398 g/mol. The molecule has 29 heavy (non-hydrogen) atoms. The van der Waals surface area contributed by atoms with E-state index in [9.17, 15) is 19.7 Å². The first-order valence-electron chi connectivity index (χ1n) is 8.93. The summed E-state index contributed by atoms with van der Waals surface area (Å²) in [5.74, 6) is -0.117. The first-order chi connectivity index (χ1) is 13.9. The highest BCUT2D eigenvalue weighted by atomic mass is 16.6. The van der Waals surface area contributed by atoms with Crippen molar-refractivity contribution in [1.82, 2.24) is 5.32 Å². The van der Waals surface area contributed by atoms with Crippen molar-refractivity contribution in [3.8, 4) is 5.75 Å². The number of benzene rings is 2. The van der Waals surface area contributed by atoms with Crippen molar-refractivity contribution in [2.24, 2.45) is 0 Å². The van der Waals surface area contributed by atoms with E-state index in [1.807, 2.05) is 12.1 Å². The average molecular weight is 398 g/mol. The number of hydrogen-bond acceptors (Lipinski definition) is 6. The van der Waals surface area contributed by atoms with Gasteiger partial charge in [0.15, 0.2) is 0 Å². The van der Waals surface area contributed by atoms with E-state index in [1.165, 1.54) is 24.3 Å². The predicted molar refractivity (Wildman–Crippen MR) is 107 cm³/mol. The number of amides is 1. The van der Waals surface area contributed by atoms with E-state index in [4.69, 9.17) is 9.47 Å². The van der Waals surface area contributed by atoms with Crippen molar-refractivity contribution in [3.63, 3.8) is 0 Å². The second-order valence-corrected chi connectivity index (χ2v) is 6.13. The molecule has 1 atom stereocenters. The molecule has 0 saturated carbocycles. The Balaban J connectivity index is 1.75. The molecule has 0 unspecified atom stereocenters. The molecule has 2 aromatic carbocycles. The van der Waals surface area contributed by atoms with Gasteiger partial charge in [0.2, 0.25) is 5.91 Å². The van der Waals surface area contributed by atoms with Gasteiger partial charge in [0, 0.05) is 24.8 Å². The maximum absolute atomic E-state index is 11.9. The minimum absolute atomic E-state index is 0.0125. The summed E-state index contributed by atoms with van der Waals surface area (Å²) in [4.78, 5) is 34.1. The summed E-state index contributed by atoms with van der Waals surface area (Å²) in [7, 11) is 1.58. The molecule has 0 aromatic heterocycles. The zero-order valence-electron chi connectivity index (χ0n) is 16.2. The number of ether oxygens (including phenoxy) is 2. The third kappa shape index (κ3) is 7.10. The van der Waals surface area contributed by atoms with Crippen LogP contribution >= 0.6 is 0 Å². The van der Waals surface area contributed by atoms with Gasteiger partial charge in [-0.3, -0.25) is 19.7 Å². The summed E-state index contributed by atoms with van der Waals surface area (Å²) in [5.41, 5.74) is 1.30. The number of methoxy groups -OCH3 is 1. The molecule has 0 aliphatic heterocycles. The SMILES string of the molecule is COc1ccc(/C=C/C(=O)NCCC(=O)O[C@@H](C)c2cccc([N+](=O)[O-])c2)cc1. The van der Waals surface area contributed by atoms with Crippen LogP contribution in [0.25, 0.3) is 6.08 Å². The van der Waals surface area contributed by atoms with Crippen LogP contribution in [0, 0.1) is 10.1 Å². The highest BCUT2D eigenvalue weighted by Crippen LogP contribution is 2.22. The standard InChI is InChI=1S/C21H22N2O6/c1-15(17-4-3-5-18(14-17)23(26)27)29-21(25)12-13-22-20(24)11-8-16-6-9-19(28-2)10-7-16/h3-11,14-15H,12-13H2,1-2H3,(H,22,24)/b11-8+/t15-/m0/s1. The van der Waals surface area contributed by atoms with Gasteiger partial charge in [-0.1, -0.05) is 24.3 Å². The van der Waals surface area contributed by atoms with E-state index in [-0.39, 0.29) is 24.6 Å². The zero-order chi connectivity index (χ0) is 21.2. The second-order valence-electron chi connectivity index (χ2n) is 6.13. The molecule has 0 aliphatic rings. The van der Waals surface area contributed by atoms with Crippen LogP contribution in [0.15, 0.2) is 54.6 Å². The molecule has 0 bridgehead atoms. The number of nitro groups is 1. The summed E-state index contributed by atoms with van der Waals surface area (Å²) >= 11 is 0. The lowest BCUT2D eigenvalue weighted by atomic mass is 10.1. The Morgan fingerprint density at radius 1 is 1.21 bits per heavy atom. The highest BCUT2D eigenvalue weighted by molar-refractivity contribution is 5.91. The lowest BCUT2D eigenvalue weighted by molar-refractivity contribution is -0.385. The maximum Gasteiger partial charge on any atom is 0.308 e. The van der Waals surface area contributed by atoms with E-state index in [1.54, 1.807) is 38.3 Å². The van der Waals surface area contributed by atoms with Crippen LogP contribution in [0.5, 0.6) is 5.75 Å². The van der Waals surface area contributed by atoms with Crippen LogP contribution in [0.1, 0.15) is 30.6 Å². The minimum Gasteiger partial charge on any atom is -0.497 e. The van der Waals surface area contributed by atoms with Crippen molar-refractivity contribution < 1.29 is 24.0 Å². The smallest absolute Gasteiger partial charge is 0.308 e. The van der Waals surface area contributed by atoms with Crippen LogP contribution in [-0.4, -0.2) is 30.5 Å². The van der Waals surface area contributed by atoms with Crippen LogP contribution in [0.2, 0.25) is 0 Å². The molecule has 0 saturated heterocycles. The average Bonchev–Trinajstić information content (AvgIpc) is 2.72. The summed E-state index contributed by atoms with van der Waals surface area (Å²) < 4.78 is 10.3. The van der Waals surface area contributed by atoms with Crippen molar-refractivity contribution in [2.45, 2.75) is 19.4 Å². The molecular formula is C21H22N2O6. The van der Waals surface area contributed by atoms with Crippen molar-refractivity contribution in [2.75, 3.05) is 13.7 Å². The number of rotatable bonds is 9. The molecule has 0 spiro atoms. The Hall–Kier alpha value is -3.68. The predicted octanol–water partition coefficient (Wildman–Crippen LogP) is 3.43. The molecule has 8 nitrogen and oxygen atoms in total. The third-order valence-electron chi connectivity index (χ3n) is 4.03. The molecule has 0 fully saturated rings. The molecule has 0 aliphatic carbocycles.